The van der Waals surface area contributed by atoms with E-state index in [2.05, 4.69) is 34.5 Å². The van der Waals surface area contributed by atoms with Crippen LogP contribution in [-0.2, 0) is 6.54 Å². The number of hydrogen-bond donors (Lipinski definition) is 2. The number of aryl methyl sites for hydroxylation is 1. The van der Waals surface area contributed by atoms with Gasteiger partial charge in [0.25, 0.3) is 0 Å². The third-order valence-electron chi connectivity index (χ3n) is 4.79. The molecule has 2 aliphatic rings. The molecule has 4 nitrogen and oxygen atoms in total. The smallest absolute Gasteiger partial charge is 0.191 e. The summed E-state index contributed by atoms with van der Waals surface area (Å²) < 4.78 is 0. The summed E-state index contributed by atoms with van der Waals surface area (Å²) in [6.45, 7) is 6.86. The summed E-state index contributed by atoms with van der Waals surface area (Å²) >= 11 is 1.73. The lowest BCUT2D eigenvalue weighted by molar-refractivity contribution is 0.106. The SMILES string of the molecule is CCNC(=NCc1ncc(C)s1)NCC1(C2CC2)CCC1.I. The first kappa shape index (κ1) is 18.0. The van der Waals surface area contributed by atoms with E-state index in [0.29, 0.717) is 12.0 Å². The van der Waals surface area contributed by atoms with Gasteiger partial charge in [-0.15, -0.1) is 35.3 Å². The van der Waals surface area contributed by atoms with E-state index in [1.165, 1.54) is 37.0 Å². The van der Waals surface area contributed by atoms with E-state index in [9.17, 15) is 0 Å². The quantitative estimate of drug-likeness (QED) is 0.408. The molecule has 22 heavy (non-hydrogen) atoms. The van der Waals surface area contributed by atoms with Gasteiger partial charge >= 0.3 is 0 Å². The Morgan fingerprint density at radius 1 is 1.41 bits per heavy atom. The van der Waals surface area contributed by atoms with Gasteiger partial charge in [-0.1, -0.05) is 6.42 Å². The van der Waals surface area contributed by atoms with Gasteiger partial charge in [0.1, 0.15) is 5.01 Å². The van der Waals surface area contributed by atoms with Crippen LogP contribution in [0.4, 0.5) is 0 Å². The minimum Gasteiger partial charge on any atom is -0.357 e. The minimum atomic E-state index is 0. The van der Waals surface area contributed by atoms with Crippen molar-refractivity contribution in [2.75, 3.05) is 13.1 Å². The number of rotatable bonds is 6. The zero-order chi connectivity index (χ0) is 14.7. The largest absolute Gasteiger partial charge is 0.357 e. The van der Waals surface area contributed by atoms with Crippen molar-refractivity contribution >= 4 is 41.3 Å². The van der Waals surface area contributed by atoms with Gasteiger partial charge in [0.15, 0.2) is 5.96 Å². The first-order chi connectivity index (χ1) is 10.2. The van der Waals surface area contributed by atoms with Crippen molar-refractivity contribution in [1.29, 1.82) is 0 Å². The van der Waals surface area contributed by atoms with Gasteiger partial charge in [-0.25, -0.2) is 9.98 Å². The fraction of sp³-hybridized carbons (Fsp3) is 0.750. The molecule has 3 rings (SSSR count). The predicted molar refractivity (Wildman–Crippen MR) is 104 cm³/mol. The molecule has 0 unspecified atom stereocenters. The van der Waals surface area contributed by atoms with Gasteiger partial charge in [-0.2, -0.15) is 0 Å². The van der Waals surface area contributed by atoms with E-state index in [0.717, 1.165) is 30.0 Å². The first-order valence-corrected chi connectivity index (χ1v) is 8.97. The van der Waals surface area contributed by atoms with Crippen molar-refractivity contribution in [2.45, 2.75) is 52.5 Å². The summed E-state index contributed by atoms with van der Waals surface area (Å²) in [7, 11) is 0. The maximum Gasteiger partial charge on any atom is 0.191 e. The topological polar surface area (TPSA) is 49.3 Å². The third kappa shape index (κ3) is 4.34. The van der Waals surface area contributed by atoms with Crippen LogP contribution in [0.3, 0.4) is 0 Å². The second-order valence-electron chi connectivity index (χ2n) is 6.40. The Morgan fingerprint density at radius 2 is 2.18 bits per heavy atom. The molecule has 2 saturated carbocycles. The first-order valence-electron chi connectivity index (χ1n) is 8.15. The van der Waals surface area contributed by atoms with Gasteiger partial charge in [0.05, 0.1) is 6.54 Å². The lowest BCUT2D eigenvalue weighted by atomic mass is 9.65. The van der Waals surface area contributed by atoms with Gasteiger partial charge in [0, 0.05) is 24.2 Å². The molecule has 2 N–H and O–H groups in total. The van der Waals surface area contributed by atoms with E-state index in [1.54, 1.807) is 11.3 Å². The molecule has 2 fully saturated rings. The van der Waals surface area contributed by atoms with E-state index < -0.39 is 0 Å². The zero-order valence-corrected chi connectivity index (χ0v) is 16.7. The fourth-order valence-corrected chi connectivity index (χ4v) is 3.99. The Bertz CT molecular complexity index is 506. The number of aliphatic imine (C=N–C) groups is 1. The summed E-state index contributed by atoms with van der Waals surface area (Å²) in [5, 5.41) is 8.02. The molecule has 1 heterocycles. The predicted octanol–water partition coefficient (Wildman–Crippen LogP) is 3.70. The average Bonchev–Trinajstić information content (AvgIpc) is 3.18. The Kier molecular flexibility index (Phi) is 6.49. The van der Waals surface area contributed by atoms with Crippen LogP contribution in [0.25, 0.3) is 0 Å². The van der Waals surface area contributed by atoms with Crippen LogP contribution < -0.4 is 10.6 Å². The van der Waals surface area contributed by atoms with Gasteiger partial charge in [-0.05, 0) is 50.9 Å². The molecule has 0 radical (unpaired) electrons. The fourth-order valence-electron chi connectivity index (χ4n) is 3.28. The molecule has 124 valence electrons. The molecule has 0 aromatic carbocycles. The summed E-state index contributed by atoms with van der Waals surface area (Å²) in [5.41, 5.74) is 0.577. The molecule has 0 saturated heterocycles. The molecule has 0 bridgehead atoms. The van der Waals surface area contributed by atoms with Crippen molar-refractivity contribution in [1.82, 2.24) is 15.6 Å². The molecule has 6 heteroatoms. The van der Waals surface area contributed by atoms with Crippen molar-refractivity contribution in [2.24, 2.45) is 16.3 Å². The highest BCUT2D eigenvalue weighted by molar-refractivity contribution is 14.0. The van der Waals surface area contributed by atoms with E-state index in [1.807, 2.05) is 6.20 Å². The highest BCUT2D eigenvalue weighted by Gasteiger charge is 2.48. The summed E-state index contributed by atoms with van der Waals surface area (Å²) in [4.78, 5) is 10.3. The Labute approximate surface area is 154 Å². The van der Waals surface area contributed by atoms with Crippen molar-refractivity contribution < 1.29 is 0 Å². The highest BCUT2D eigenvalue weighted by Crippen LogP contribution is 2.56. The monoisotopic (exact) mass is 434 g/mol. The molecular weight excluding hydrogens is 407 g/mol. The zero-order valence-electron chi connectivity index (χ0n) is 13.5. The Morgan fingerprint density at radius 3 is 2.68 bits per heavy atom. The number of hydrogen-bond acceptors (Lipinski definition) is 3. The molecule has 1 aromatic heterocycles. The van der Waals surface area contributed by atoms with Crippen LogP contribution >= 0.6 is 35.3 Å². The van der Waals surface area contributed by atoms with Crippen LogP contribution in [0.2, 0.25) is 0 Å². The second-order valence-corrected chi connectivity index (χ2v) is 7.72. The summed E-state index contributed by atoms with van der Waals surface area (Å²) in [5.74, 6) is 1.92. The number of halogens is 1. The maximum absolute atomic E-state index is 4.68. The number of nitrogens with zero attached hydrogens (tertiary/aromatic N) is 2. The van der Waals surface area contributed by atoms with Crippen molar-refractivity contribution in [3.8, 4) is 0 Å². The van der Waals surface area contributed by atoms with Gasteiger partial charge in [0.2, 0.25) is 0 Å². The molecule has 2 aliphatic carbocycles. The summed E-state index contributed by atoms with van der Waals surface area (Å²) in [6.07, 6.45) is 9.00. The third-order valence-corrected chi connectivity index (χ3v) is 5.68. The number of thiazole rings is 1. The average molecular weight is 434 g/mol. The van der Waals surface area contributed by atoms with E-state index >= 15 is 0 Å². The van der Waals surface area contributed by atoms with Crippen LogP contribution in [-0.4, -0.2) is 24.0 Å². The highest BCUT2D eigenvalue weighted by atomic mass is 127. The standard InChI is InChI=1S/C16H26N4S.HI/c1-3-17-15(19-10-14-18-9-12(2)21-14)20-11-16(7-4-8-16)13-5-6-13;/h9,13H,3-8,10-11H2,1-2H3,(H2,17,19,20);1H. The van der Waals surface area contributed by atoms with Gasteiger partial charge in [-0.3, -0.25) is 0 Å². The molecule has 0 spiro atoms. The van der Waals surface area contributed by atoms with Crippen LogP contribution in [0.15, 0.2) is 11.2 Å². The van der Waals surface area contributed by atoms with E-state index in [-0.39, 0.29) is 24.0 Å². The lowest BCUT2D eigenvalue weighted by Gasteiger charge is -2.43. The molecule has 0 atom stereocenters. The molecule has 1 aromatic rings. The van der Waals surface area contributed by atoms with Crippen LogP contribution in [0, 0.1) is 18.3 Å². The van der Waals surface area contributed by atoms with E-state index in [4.69, 9.17) is 0 Å². The van der Waals surface area contributed by atoms with Crippen molar-refractivity contribution in [3.63, 3.8) is 0 Å². The number of guanidine groups is 1. The second kappa shape index (κ2) is 7.95. The van der Waals surface area contributed by atoms with Crippen LogP contribution in [0.1, 0.15) is 48.9 Å². The molecular formula is C16H27IN4S. The van der Waals surface area contributed by atoms with Gasteiger partial charge < -0.3 is 10.6 Å². The summed E-state index contributed by atoms with van der Waals surface area (Å²) in [6, 6.07) is 0. The molecule has 0 aliphatic heterocycles. The Balaban J connectivity index is 0.00000176. The Hall–Kier alpha value is -0.370. The number of nitrogens with one attached hydrogen (secondary N) is 2. The minimum absolute atomic E-state index is 0. The van der Waals surface area contributed by atoms with Crippen LogP contribution in [0.5, 0.6) is 0 Å². The number of aromatic nitrogens is 1. The normalized spacial score (nSPS) is 20.0. The molecule has 0 amide bonds. The maximum atomic E-state index is 4.68. The lowest BCUT2D eigenvalue weighted by Crippen LogP contribution is -2.47. The van der Waals surface area contributed by atoms with Crippen molar-refractivity contribution in [3.05, 3.63) is 16.1 Å².